The lowest BCUT2D eigenvalue weighted by Gasteiger charge is -2.06. The predicted octanol–water partition coefficient (Wildman–Crippen LogP) is 2.74. The van der Waals surface area contributed by atoms with Gasteiger partial charge in [-0.15, -0.1) is 12.4 Å². The van der Waals surface area contributed by atoms with Crippen LogP contribution < -0.4 is 11.1 Å². The number of carbonyl (C=O) groups is 2. The third-order valence-corrected chi connectivity index (χ3v) is 2.95. The summed E-state index contributed by atoms with van der Waals surface area (Å²) in [6.45, 7) is 0.707. The number of esters is 1. The van der Waals surface area contributed by atoms with E-state index in [0.29, 0.717) is 24.2 Å². The maximum atomic E-state index is 11.7. The van der Waals surface area contributed by atoms with Gasteiger partial charge in [-0.3, -0.25) is 4.79 Å². The van der Waals surface area contributed by atoms with E-state index in [2.05, 4.69) is 10.1 Å². The summed E-state index contributed by atoms with van der Waals surface area (Å²) in [5, 5.41) is 2.80. The largest absolute Gasteiger partial charge is 0.465 e. The molecule has 21 heavy (non-hydrogen) atoms. The van der Waals surface area contributed by atoms with Gasteiger partial charge in [-0.25, -0.2) is 4.79 Å². The van der Waals surface area contributed by atoms with Crippen LogP contribution in [0.25, 0.3) is 0 Å². The summed E-state index contributed by atoms with van der Waals surface area (Å²) in [5.74, 6) is -0.397. The van der Waals surface area contributed by atoms with Gasteiger partial charge in [0.1, 0.15) is 0 Å². The first kappa shape index (κ1) is 19.4. The summed E-state index contributed by atoms with van der Waals surface area (Å²) in [7, 11) is 1.34. The number of unbranched alkanes of at least 4 members (excludes halogenated alkanes) is 3. The van der Waals surface area contributed by atoms with Crippen LogP contribution in [0, 0.1) is 0 Å². The molecule has 0 aliphatic heterocycles. The van der Waals surface area contributed by atoms with Gasteiger partial charge in [-0.1, -0.05) is 12.8 Å². The standard InChI is InChI=1S/C15H22N2O3.ClH/c1-20-15(19)12-7-9-13(10-8-12)17-14(18)6-4-2-3-5-11-16;/h7-10H,2-6,11,16H2,1H3,(H,17,18);1H. The Kier molecular flexibility index (Phi) is 10.3. The number of amides is 1. The lowest BCUT2D eigenvalue weighted by Crippen LogP contribution is -2.11. The topological polar surface area (TPSA) is 81.4 Å². The maximum Gasteiger partial charge on any atom is 0.337 e. The highest BCUT2D eigenvalue weighted by molar-refractivity contribution is 5.92. The van der Waals surface area contributed by atoms with Crippen molar-refractivity contribution in [1.82, 2.24) is 0 Å². The second-order valence-corrected chi connectivity index (χ2v) is 4.57. The minimum absolute atomic E-state index is 0. The molecule has 1 rings (SSSR count). The van der Waals surface area contributed by atoms with Crippen LogP contribution in [0.4, 0.5) is 5.69 Å². The smallest absolute Gasteiger partial charge is 0.337 e. The number of halogens is 1. The molecule has 6 heteroatoms. The van der Waals surface area contributed by atoms with E-state index in [-0.39, 0.29) is 24.3 Å². The first-order chi connectivity index (χ1) is 9.67. The molecular formula is C15H23ClN2O3. The average Bonchev–Trinajstić information content (AvgIpc) is 2.47. The third-order valence-electron chi connectivity index (χ3n) is 2.95. The van der Waals surface area contributed by atoms with Crippen molar-refractivity contribution in [2.24, 2.45) is 5.73 Å². The number of carbonyl (C=O) groups excluding carboxylic acids is 2. The van der Waals surface area contributed by atoms with Crippen molar-refractivity contribution in [2.45, 2.75) is 32.1 Å². The van der Waals surface area contributed by atoms with Gasteiger partial charge >= 0.3 is 5.97 Å². The van der Waals surface area contributed by atoms with E-state index in [0.717, 1.165) is 25.7 Å². The van der Waals surface area contributed by atoms with Crippen molar-refractivity contribution >= 4 is 30.0 Å². The third kappa shape index (κ3) is 7.68. The van der Waals surface area contributed by atoms with E-state index in [1.54, 1.807) is 24.3 Å². The zero-order chi connectivity index (χ0) is 14.8. The Morgan fingerprint density at radius 3 is 2.29 bits per heavy atom. The summed E-state index contributed by atoms with van der Waals surface area (Å²) in [6.07, 6.45) is 4.47. The van der Waals surface area contributed by atoms with Gasteiger partial charge in [0.05, 0.1) is 12.7 Å². The molecule has 0 aliphatic carbocycles. The van der Waals surface area contributed by atoms with Crippen LogP contribution in [0.1, 0.15) is 42.5 Å². The van der Waals surface area contributed by atoms with Crippen LogP contribution in [0.2, 0.25) is 0 Å². The summed E-state index contributed by atoms with van der Waals surface area (Å²) in [5.41, 5.74) is 6.55. The normalized spacial score (nSPS) is 9.62. The lowest BCUT2D eigenvalue weighted by atomic mass is 10.1. The van der Waals surface area contributed by atoms with Crippen LogP contribution in [0.3, 0.4) is 0 Å². The summed E-state index contributed by atoms with van der Waals surface area (Å²) in [4.78, 5) is 22.9. The summed E-state index contributed by atoms with van der Waals surface area (Å²) >= 11 is 0. The highest BCUT2D eigenvalue weighted by Crippen LogP contribution is 2.11. The van der Waals surface area contributed by atoms with Crippen molar-refractivity contribution in [3.8, 4) is 0 Å². The van der Waals surface area contributed by atoms with E-state index in [1.165, 1.54) is 7.11 Å². The van der Waals surface area contributed by atoms with Gasteiger partial charge in [-0.05, 0) is 43.7 Å². The zero-order valence-corrected chi connectivity index (χ0v) is 13.1. The fourth-order valence-corrected chi connectivity index (χ4v) is 1.81. The molecule has 0 saturated carbocycles. The molecule has 1 aromatic rings. The molecule has 0 spiro atoms. The van der Waals surface area contributed by atoms with Gasteiger partial charge < -0.3 is 15.8 Å². The van der Waals surface area contributed by atoms with E-state index < -0.39 is 0 Å². The molecule has 118 valence electrons. The van der Waals surface area contributed by atoms with Crippen molar-refractivity contribution in [1.29, 1.82) is 0 Å². The molecule has 0 bridgehead atoms. The second kappa shape index (κ2) is 11.1. The quantitative estimate of drug-likeness (QED) is 0.571. The number of hydrogen-bond donors (Lipinski definition) is 2. The van der Waals surface area contributed by atoms with Gasteiger partial charge in [0, 0.05) is 12.1 Å². The molecule has 0 unspecified atom stereocenters. The van der Waals surface area contributed by atoms with Crippen molar-refractivity contribution < 1.29 is 14.3 Å². The van der Waals surface area contributed by atoms with Crippen LogP contribution >= 0.6 is 12.4 Å². The molecule has 0 saturated heterocycles. The second-order valence-electron chi connectivity index (χ2n) is 4.57. The number of anilines is 1. The molecule has 0 atom stereocenters. The molecule has 1 aromatic carbocycles. The monoisotopic (exact) mass is 314 g/mol. The molecule has 0 aliphatic rings. The Bertz CT molecular complexity index is 435. The Hall–Kier alpha value is -1.59. The minimum atomic E-state index is -0.386. The first-order valence-corrected chi connectivity index (χ1v) is 6.85. The minimum Gasteiger partial charge on any atom is -0.465 e. The van der Waals surface area contributed by atoms with Gasteiger partial charge in [0.15, 0.2) is 0 Å². The fraction of sp³-hybridized carbons (Fsp3) is 0.467. The molecule has 0 radical (unpaired) electrons. The number of hydrogen-bond acceptors (Lipinski definition) is 4. The lowest BCUT2D eigenvalue weighted by molar-refractivity contribution is -0.116. The fourth-order valence-electron chi connectivity index (χ4n) is 1.81. The number of methoxy groups -OCH3 is 1. The van der Waals surface area contributed by atoms with Crippen LogP contribution in [-0.4, -0.2) is 25.5 Å². The summed E-state index contributed by atoms with van der Waals surface area (Å²) in [6, 6.07) is 6.64. The zero-order valence-electron chi connectivity index (χ0n) is 12.3. The molecule has 0 fully saturated rings. The van der Waals surface area contributed by atoms with E-state index in [4.69, 9.17) is 5.73 Å². The Morgan fingerprint density at radius 2 is 1.71 bits per heavy atom. The first-order valence-electron chi connectivity index (χ1n) is 6.85. The van der Waals surface area contributed by atoms with Gasteiger partial charge in [0.25, 0.3) is 0 Å². The van der Waals surface area contributed by atoms with Crippen LogP contribution in [0.5, 0.6) is 0 Å². The SMILES string of the molecule is COC(=O)c1ccc(NC(=O)CCCCCCN)cc1.Cl. The van der Waals surface area contributed by atoms with Gasteiger partial charge in [-0.2, -0.15) is 0 Å². The van der Waals surface area contributed by atoms with Crippen molar-refractivity contribution in [2.75, 3.05) is 19.0 Å². The number of ether oxygens (including phenoxy) is 1. The van der Waals surface area contributed by atoms with Crippen LogP contribution in [-0.2, 0) is 9.53 Å². The Labute approximate surface area is 131 Å². The summed E-state index contributed by atoms with van der Waals surface area (Å²) < 4.78 is 4.61. The molecule has 3 N–H and O–H groups in total. The van der Waals surface area contributed by atoms with Crippen molar-refractivity contribution in [3.05, 3.63) is 29.8 Å². The van der Waals surface area contributed by atoms with Crippen molar-refractivity contribution in [3.63, 3.8) is 0 Å². The highest BCUT2D eigenvalue weighted by atomic mass is 35.5. The number of nitrogens with two attached hydrogens (primary N) is 1. The molecule has 0 heterocycles. The number of benzene rings is 1. The van der Waals surface area contributed by atoms with Crippen LogP contribution in [0.15, 0.2) is 24.3 Å². The maximum absolute atomic E-state index is 11.7. The van der Waals surface area contributed by atoms with E-state index in [9.17, 15) is 9.59 Å². The Balaban J connectivity index is 0.00000400. The highest BCUT2D eigenvalue weighted by Gasteiger charge is 2.06. The van der Waals surface area contributed by atoms with Gasteiger partial charge in [0.2, 0.25) is 5.91 Å². The Morgan fingerprint density at radius 1 is 1.10 bits per heavy atom. The number of nitrogens with one attached hydrogen (secondary N) is 1. The van der Waals surface area contributed by atoms with E-state index in [1.807, 2.05) is 0 Å². The van der Waals surface area contributed by atoms with E-state index >= 15 is 0 Å². The molecule has 1 amide bonds. The molecule has 5 nitrogen and oxygen atoms in total. The molecular weight excluding hydrogens is 292 g/mol. The predicted molar refractivity (Wildman–Crippen MR) is 85.8 cm³/mol. The average molecular weight is 315 g/mol. The molecule has 0 aromatic heterocycles. The number of rotatable bonds is 8.